The highest BCUT2D eigenvalue weighted by Crippen LogP contribution is 2.36. The summed E-state index contributed by atoms with van der Waals surface area (Å²) in [5, 5.41) is 3.23. The van der Waals surface area contributed by atoms with Crippen molar-refractivity contribution in [2.45, 2.75) is 24.7 Å². The lowest BCUT2D eigenvalue weighted by molar-refractivity contribution is 0.0531. The zero-order valence-electron chi connectivity index (χ0n) is 16.4. The second-order valence-corrected chi connectivity index (χ2v) is 6.99. The Hall–Kier alpha value is -1.80. The fourth-order valence-electron chi connectivity index (χ4n) is 3.52. The van der Waals surface area contributed by atoms with Crippen molar-refractivity contribution >= 4 is 29.9 Å². The summed E-state index contributed by atoms with van der Waals surface area (Å²) in [5.41, 5.74) is 8.65. The first-order valence-electron chi connectivity index (χ1n) is 9.52. The molecule has 0 spiro atoms. The molecule has 0 bridgehead atoms. The average molecular weight is 495 g/mol. The first-order chi connectivity index (χ1) is 13.2. The van der Waals surface area contributed by atoms with E-state index in [0.29, 0.717) is 12.5 Å². The van der Waals surface area contributed by atoms with Crippen LogP contribution in [0.25, 0.3) is 0 Å². The van der Waals surface area contributed by atoms with Gasteiger partial charge in [0, 0.05) is 25.2 Å². The van der Waals surface area contributed by atoms with Crippen molar-refractivity contribution in [3.63, 3.8) is 0 Å². The van der Waals surface area contributed by atoms with Gasteiger partial charge in [-0.1, -0.05) is 42.5 Å². The number of hydrogen-bond donors (Lipinski definition) is 2. The van der Waals surface area contributed by atoms with Gasteiger partial charge in [-0.15, -0.1) is 24.0 Å². The molecule has 0 aliphatic carbocycles. The van der Waals surface area contributed by atoms with Crippen LogP contribution in [-0.4, -0.2) is 39.4 Å². The third-order valence-corrected chi connectivity index (χ3v) is 5.27. The molecule has 1 aliphatic heterocycles. The summed E-state index contributed by atoms with van der Waals surface area (Å²) in [6.45, 7) is 2.94. The third kappa shape index (κ3) is 6.10. The van der Waals surface area contributed by atoms with Crippen LogP contribution in [0.15, 0.2) is 59.6 Å². The van der Waals surface area contributed by atoms with Crippen molar-refractivity contribution < 1.29 is 9.47 Å². The van der Waals surface area contributed by atoms with Crippen LogP contribution in [0.5, 0.6) is 5.75 Å². The summed E-state index contributed by atoms with van der Waals surface area (Å²) < 4.78 is 10.9. The van der Waals surface area contributed by atoms with Gasteiger partial charge in [-0.25, -0.2) is 0 Å². The minimum atomic E-state index is -0.0315. The number of guanidine groups is 1. The van der Waals surface area contributed by atoms with E-state index in [1.165, 1.54) is 11.1 Å². The lowest BCUT2D eigenvalue weighted by atomic mass is 9.74. The molecule has 2 aromatic rings. The van der Waals surface area contributed by atoms with Crippen molar-refractivity contribution in [1.29, 1.82) is 0 Å². The van der Waals surface area contributed by atoms with Gasteiger partial charge in [0.25, 0.3) is 0 Å². The van der Waals surface area contributed by atoms with Crippen LogP contribution >= 0.6 is 24.0 Å². The molecule has 5 nitrogen and oxygen atoms in total. The van der Waals surface area contributed by atoms with Crippen molar-refractivity contribution in [2.75, 3.05) is 33.4 Å². The lowest BCUT2D eigenvalue weighted by Crippen LogP contribution is -2.39. The van der Waals surface area contributed by atoms with Crippen molar-refractivity contribution in [3.05, 3.63) is 65.7 Å². The number of ether oxygens (including phenoxy) is 2. The molecule has 0 amide bonds. The van der Waals surface area contributed by atoms with E-state index in [4.69, 9.17) is 15.2 Å². The first kappa shape index (κ1) is 22.5. The maximum absolute atomic E-state index is 6.13. The molecule has 1 heterocycles. The average Bonchev–Trinajstić information content (AvgIpc) is 2.74. The molecule has 28 heavy (non-hydrogen) atoms. The van der Waals surface area contributed by atoms with Crippen LogP contribution in [0, 0.1) is 0 Å². The Morgan fingerprint density at radius 1 is 1.11 bits per heavy atom. The van der Waals surface area contributed by atoms with E-state index in [1.807, 2.05) is 18.2 Å². The zero-order valence-corrected chi connectivity index (χ0v) is 18.7. The number of methoxy groups -OCH3 is 1. The summed E-state index contributed by atoms with van der Waals surface area (Å²) in [7, 11) is 1.69. The van der Waals surface area contributed by atoms with E-state index in [0.717, 1.165) is 44.8 Å². The summed E-state index contributed by atoms with van der Waals surface area (Å²) >= 11 is 0. The van der Waals surface area contributed by atoms with Crippen molar-refractivity contribution in [3.8, 4) is 5.75 Å². The van der Waals surface area contributed by atoms with Crippen LogP contribution < -0.4 is 15.8 Å². The fourth-order valence-corrected chi connectivity index (χ4v) is 3.52. The molecule has 0 unspecified atom stereocenters. The van der Waals surface area contributed by atoms with Gasteiger partial charge < -0.3 is 20.5 Å². The number of hydrogen-bond acceptors (Lipinski definition) is 3. The minimum Gasteiger partial charge on any atom is -0.497 e. The molecule has 0 radical (unpaired) electrons. The standard InChI is InChI=1S/C22H29N3O2.HI/c1-26-20-9-7-19(8-10-20)22(12-15-27-16-13-22)17-25-21(23)24-14-11-18-5-3-2-4-6-18;/h2-10H,11-17H2,1H3,(H3,23,24,25);1H. The largest absolute Gasteiger partial charge is 0.497 e. The topological polar surface area (TPSA) is 68.9 Å². The lowest BCUT2D eigenvalue weighted by Gasteiger charge is -2.36. The molecule has 3 N–H and O–H groups in total. The second-order valence-electron chi connectivity index (χ2n) is 6.99. The number of aliphatic imine (C=N–C) groups is 1. The molecule has 0 saturated carbocycles. The first-order valence-corrected chi connectivity index (χ1v) is 9.52. The molecule has 0 atom stereocenters. The predicted octanol–water partition coefficient (Wildman–Crippen LogP) is 3.51. The molecule has 1 aliphatic rings. The van der Waals surface area contributed by atoms with Crippen LogP contribution in [0.2, 0.25) is 0 Å². The highest BCUT2D eigenvalue weighted by atomic mass is 127. The Morgan fingerprint density at radius 3 is 2.43 bits per heavy atom. The monoisotopic (exact) mass is 495 g/mol. The second kappa shape index (κ2) is 11.3. The van der Waals surface area contributed by atoms with E-state index in [9.17, 15) is 0 Å². The van der Waals surface area contributed by atoms with E-state index in [2.05, 4.69) is 46.7 Å². The zero-order chi connectivity index (χ0) is 19.0. The van der Waals surface area contributed by atoms with Gasteiger partial charge in [0.05, 0.1) is 13.7 Å². The van der Waals surface area contributed by atoms with Gasteiger partial charge in [0.1, 0.15) is 5.75 Å². The smallest absolute Gasteiger partial charge is 0.188 e. The highest BCUT2D eigenvalue weighted by Gasteiger charge is 2.34. The summed E-state index contributed by atoms with van der Waals surface area (Å²) in [5.74, 6) is 1.37. The number of benzene rings is 2. The maximum Gasteiger partial charge on any atom is 0.188 e. The van der Waals surface area contributed by atoms with Gasteiger partial charge >= 0.3 is 0 Å². The van der Waals surface area contributed by atoms with Gasteiger partial charge in [-0.3, -0.25) is 4.99 Å². The normalized spacial score (nSPS) is 16.1. The molecule has 152 valence electrons. The highest BCUT2D eigenvalue weighted by molar-refractivity contribution is 14.0. The number of nitrogens with zero attached hydrogens (tertiary/aromatic N) is 1. The Kier molecular flexibility index (Phi) is 9.05. The summed E-state index contributed by atoms with van der Waals surface area (Å²) in [6, 6.07) is 18.7. The molecule has 1 fully saturated rings. The molecule has 3 rings (SSSR count). The molecule has 6 heteroatoms. The molecule has 1 saturated heterocycles. The predicted molar refractivity (Wildman–Crippen MR) is 125 cm³/mol. The Balaban J connectivity index is 0.00000280. The Labute approximate surface area is 184 Å². The van der Waals surface area contributed by atoms with Gasteiger partial charge in [0.15, 0.2) is 5.96 Å². The Morgan fingerprint density at radius 2 is 1.79 bits per heavy atom. The molecular formula is C22H30IN3O2. The quantitative estimate of drug-likeness (QED) is 0.351. The van der Waals surface area contributed by atoms with E-state index >= 15 is 0 Å². The van der Waals surface area contributed by atoms with Crippen LogP contribution in [0.3, 0.4) is 0 Å². The van der Waals surface area contributed by atoms with Crippen molar-refractivity contribution in [2.24, 2.45) is 10.7 Å². The maximum atomic E-state index is 6.13. The third-order valence-electron chi connectivity index (χ3n) is 5.27. The van der Waals surface area contributed by atoms with Gasteiger partial charge in [-0.05, 0) is 42.5 Å². The van der Waals surface area contributed by atoms with Crippen LogP contribution in [-0.2, 0) is 16.6 Å². The number of nitrogens with two attached hydrogens (primary N) is 1. The van der Waals surface area contributed by atoms with Gasteiger partial charge in [-0.2, -0.15) is 0 Å². The molecule has 2 aromatic carbocycles. The number of halogens is 1. The molecular weight excluding hydrogens is 465 g/mol. The minimum absolute atomic E-state index is 0. The van der Waals surface area contributed by atoms with Crippen LogP contribution in [0.4, 0.5) is 0 Å². The van der Waals surface area contributed by atoms with E-state index in [-0.39, 0.29) is 29.4 Å². The SMILES string of the molecule is COc1ccc(C2(CN=C(N)NCCc3ccccc3)CCOCC2)cc1.I. The number of rotatable bonds is 7. The van der Waals surface area contributed by atoms with Gasteiger partial charge in [0.2, 0.25) is 0 Å². The summed E-state index contributed by atoms with van der Waals surface area (Å²) in [6.07, 6.45) is 2.81. The van der Waals surface area contributed by atoms with Crippen molar-refractivity contribution in [1.82, 2.24) is 5.32 Å². The summed E-state index contributed by atoms with van der Waals surface area (Å²) in [4.78, 5) is 4.67. The fraction of sp³-hybridized carbons (Fsp3) is 0.409. The van der Waals surface area contributed by atoms with E-state index in [1.54, 1.807) is 7.11 Å². The van der Waals surface area contributed by atoms with E-state index < -0.39 is 0 Å². The van der Waals surface area contributed by atoms with Crippen LogP contribution in [0.1, 0.15) is 24.0 Å². The Bertz CT molecular complexity index is 729. The molecule has 0 aromatic heterocycles. The number of nitrogens with one attached hydrogen (secondary N) is 1.